The van der Waals surface area contributed by atoms with Crippen LogP contribution in [0, 0.1) is 29.6 Å². The lowest BCUT2D eigenvalue weighted by atomic mass is 9.80. The van der Waals surface area contributed by atoms with Gasteiger partial charge in [0, 0.05) is 153 Å². The van der Waals surface area contributed by atoms with Gasteiger partial charge in [-0.2, -0.15) is 10.1 Å². The van der Waals surface area contributed by atoms with Crippen LogP contribution in [0.2, 0.25) is 0 Å². The van der Waals surface area contributed by atoms with Crippen LogP contribution in [0.25, 0.3) is 33.4 Å². The zero-order valence-electron chi connectivity index (χ0n) is 79.8. The number of methoxy groups -OCH3 is 3. The molecule has 5 aliphatic heterocycles. The number of rotatable bonds is 30. The normalized spacial score (nSPS) is 27.0. The molecular weight excluding hydrogens is 1770 g/mol. The Kier molecular flexibility index (Phi) is 37.2. The van der Waals surface area contributed by atoms with Crippen LogP contribution in [0.5, 0.6) is 0 Å². The van der Waals surface area contributed by atoms with Crippen LogP contribution in [0.3, 0.4) is 0 Å². The van der Waals surface area contributed by atoms with Crippen molar-refractivity contribution in [3.63, 3.8) is 0 Å². The fraction of sp³-hybridized carbons (Fsp3) is 0.582. The minimum absolute atomic E-state index is 0.0230. The van der Waals surface area contributed by atoms with E-state index < -0.39 is 114 Å². The second kappa shape index (κ2) is 49.4. The van der Waals surface area contributed by atoms with Crippen molar-refractivity contribution in [1.29, 1.82) is 0 Å². The average molecular weight is 1900 g/mol. The number of piperidine rings is 1. The number of amides is 4. The Hall–Kier alpha value is -11.2. The van der Waals surface area contributed by atoms with Crippen molar-refractivity contribution in [2.24, 2.45) is 35.3 Å². The first-order chi connectivity index (χ1) is 66.1. The van der Waals surface area contributed by atoms with Crippen molar-refractivity contribution in [3.8, 4) is 11.3 Å². The molecule has 1 saturated carbocycles. The first-order valence-electron chi connectivity index (χ1n) is 47.6. The number of cyclic esters (lactones) is 1. The molecule has 742 valence electrons. The highest BCUT2D eigenvalue weighted by molar-refractivity contribution is 6.39. The second-order valence-corrected chi connectivity index (χ2v) is 36.7. The summed E-state index contributed by atoms with van der Waals surface area (Å²) in [6.07, 6.45) is 16.2. The average Bonchev–Trinajstić information content (AvgIpc) is 1.63. The van der Waals surface area contributed by atoms with E-state index in [9.17, 15) is 48.9 Å². The van der Waals surface area contributed by atoms with Crippen molar-refractivity contribution in [2.75, 3.05) is 141 Å². The number of fused-ring (bicyclic) bond motifs is 6. The van der Waals surface area contributed by atoms with Crippen LogP contribution in [0.15, 0.2) is 120 Å². The number of ketones is 2. The number of aliphatic hydroxyl groups excluding tert-OH is 2. The number of nitrogens with zero attached hydrogens (tertiary/aromatic N) is 13. The summed E-state index contributed by atoms with van der Waals surface area (Å²) >= 11 is 0. The molecule has 2 bridgehead atoms. The molecule has 0 unspecified atom stereocenters. The second-order valence-electron chi connectivity index (χ2n) is 36.7. The van der Waals surface area contributed by atoms with Gasteiger partial charge in [-0.05, 0) is 142 Å². The van der Waals surface area contributed by atoms with Crippen molar-refractivity contribution < 1.29 is 101 Å². The zero-order chi connectivity index (χ0) is 97.4. The monoisotopic (exact) mass is 1900 g/mol. The number of carbonyl (C=O) groups is 7. The molecule has 1 aliphatic carbocycles. The number of alkyl carbamates (subject to hydrolysis) is 1. The van der Waals surface area contributed by atoms with Crippen LogP contribution >= 0.6 is 0 Å². The molecule has 39 heteroatoms. The van der Waals surface area contributed by atoms with Crippen LogP contribution in [-0.2, 0) is 97.4 Å². The van der Waals surface area contributed by atoms with Gasteiger partial charge in [0.05, 0.1) is 101 Å². The Labute approximate surface area is 797 Å². The van der Waals surface area contributed by atoms with E-state index in [1.807, 2.05) is 88.7 Å². The summed E-state index contributed by atoms with van der Waals surface area (Å²) in [5, 5.41) is 46.3. The van der Waals surface area contributed by atoms with Gasteiger partial charge in [0.1, 0.15) is 53.8 Å². The number of anilines is 4. The van der Waals surface area contributed by atoms with E-state index >= 15 is 0 Å². The predicted octanol–water partition coefficient (Wildman–Crippen LogP) is 7.44. The molecule has 2 aromatic carbocycles. The lowest BCUT2D eigenvalue weighted by Crippen LogP contribution is -2.61. The Bertz CT molecular complexity index is 5360. The summed E-state index contributed by atoms with van der Waals surface area (Å²) in [4.78, 5) is 136. The van der Waals surface area contributed by atoms with Crippen molar-refractivity contribution in [2.45, 2.75) is 218 Å². The quantitative estimate of drug-likeness (QED) is 0.00938. The number of Topliss-reactive ketones (excluding diaryl/α,β-unsaturated/α-hetero) is 2. The molecule has 3 saturated heterocycles. The molecule has 0 radical (unpaired) electrons. The van der Waals surface area contributed by atoms with Gasteiger partial charge < -0.3 is 115 Å². The van der Waals surface area contributed by atoms with Gasteiger partial charge in [0.2, 0.25) is 23.6 Å². The fourth-order valence-corrected chi connectivity index (χ4v) is 18.8. The Morgan fingerprint density at radius 1 is 0.679 bits per heavy atom. The number of carbonyl (C=O) groups excluding carboxylic acids is 7. The summed E-state index contributed by atoms with van der Waals surface area (Å²) in [6, 6.07) is 9.82. The molecule has 5 aromatic heterocycles. The third-order valence-corrected chi connectivity index (χ3v) is 26.9. The Morgan fingerprint density at radius 3 is 2.09 bits per heavy atom. The van der Waals surface area contributed by atoms with Crippen molar-refractivity contribution in [1.82, 2.24) is 65.1 Å². The number of benzene rings is 2. The highest BCUT2D eigenvalue weighted by Crippen LogP contribution is 2.40. The number of aromatic nitrogens is 9. The number of oxazole rings is 1. The number of nitrogen functional groups attached to an aromatic ring is 2. The van der Waals surface area contributed by atoms with Crippen LogP contribution < -0.4 is 37.6 Å². The number of aliphatic hydroxyl groups is 3. The molecule has 4 fully saturated rings. The highest BCUT2D eigenvalue weighted by Gasteiger charge is 2.53. The predicted molar refractivity (Wildman–Crippen MR) is 507 cm³/mol. The first-order valence-corrected chi connectivity index (χ1v) is 47.6. The van der Waals surface area contributed by atoms with Gasteiger partial charge in [-0.1, -0.05) is 82.4 Å². The Morgan fingerprint density at radius 2 is 1.38 bits per heavy atom. The number of allylic oxidation sites excluding steroid dienone is 5. The smallest absolute Gasteiger partial charge is 0.407 e. The third-order valence-electron chi connectivity index (χ3n) is 26.9. The molecular formula is C98H134N18O21. The SMILES string of the molecule is CO[C@H]1C[C@@H]2CC[C@@H](C)[C@@](O)(O2)C(=O)C(=O)N2CCCC[C@H]2C(=O)O[C@H]([C@H](N)C[C@@H]2CC[C@@H](OC(=O)NCc3cnc(N4CCN(c5ncc(C(=O)NCCOCCOCCOCCOCCC(=O)N6CCc7cc(Cn8nc(-c9ccc%10oc(N)nc%10c9)c9c(N)ncnc98)ccc7C6)cn5)CC4)nc3)[C@H](OC)C2)C[C@@H](OC)[C@H](C)/C=C(\C)[C@@H](O)[C@@H](O)C(=O)[C@H](C)C[C@H](C)/C=C/C=C/C=C/1C. The van der Waals surface area contributed by atoms with E-state index in [4.69, 9.17) is 74.1 Å². The van der Waals surface area contributed by atoms with E-state index in [1.54, 1.807) is 59.5 Å². The van der Waals surface area contributed by atoms with Gasteiger partial charge in [-0.3, -0.25) is 24.0 Å². The summed E-state index contributed by atoms with van der Waals surface area (Å²) in [7, 11) is 4.59. The van der Waals surface area contributed by atoms with E-state index in [-0.39, 0.29) is 88.2 Å². The first kappa shape index (κ1) is 103. The molecule has 7 aromatic rings. The molecule has 4 amide bonds. The number of piperazine rings is 1. The summed E-state index contributed by atoms with van der Waals surface area (Å²) in [5.74, 6) is -7.10. The highest BCUT2D eigenvalue weighted by atomic mass is 16.6. The topological polar surface area (TPSA) is 509 Å². The lowest BCUT2D eigenvalue weighted by molar-refractivity contribution is -0.265. The minimum atomic E-state index is -2.49. The van der Waals surface area contributed by atoms with Gasteiger partial charge >= 0.3 is 12.1 Å². The van der Waals surface area contributed by atoms with E-state index in [2.05, 4.69) is 57.7 Å². The van der Waals surface area contributed by atoms with E-state index in [0.717, 1.165) is 28.7 Å². The molecule has 39 nitrogen and oxygen atoms in total. The number of ether oxygens (including phenoxy) is 10. The number of nitrogens with two attached hydrogens (primary N) is 3. The Balaban J connectivity index is 0.494. The van der Waals surface area contributed by atoms with Gasteiger partial charge in [-0.15, -0.1) is 0 Å². The van der Waals surface area contributed by atoms with Crippen LogP contribution in [-0.4, -0.2) is 298 Å². The number of hydrogen-bond donors (Lipinski definition) is 8. The van der Waals surface area contributed by atoms with Gasteiger partial charge in [0.15, 0.2) is 17.0 Å². The zero-order valence-corrected chi connectivity index (χ0v) is 79.8. The van der Waals surface area contributed by atoms with Crippen LogP contribution in [0.1, 0.15) is 158 Å². The fourth-order valence-electron chi connectivity index (χ4n) is 18.8. The largest absolute Gasteiger partial charge is 0.459 e. The van der Waals surface area contributed by atoms with Crippen molar-refractivity contribution in [3.05, 3.63) is 143 Å². The molecule has 137 heavy (non-hydrogen) atoms. The van der Waals surface area contributed by atoms with Crippen molar-refractivity contribution >= 4 is 87.2 Å². The standard InChI is InChI=1S/C98H134N18O21/c1-59-15-11-10-12-16-60(2)78(127-7)49-72-23-18-64(6)98(126,137-72)88(121)92(123)115-29-14-13-17-75(115)93(124)134-80(50-79(128-8)61(3)44-63(5)86(119)87(120)85(118)62(4)43-59)73(99)46-65-20-24-77(81(47-65)129-9)136-97(125)107-53-67-51-103-95(104-52-67)112-31-33-113(34-32-112)96-105-54-71(55-106-96)91(122)102-28-36-131-38-40-133-42-41-132-39-37-130-35-27-82(117)114-30-26-68-45-66(19-21-70(68)57-114)56-116-90-83(89(100)108-58-109-90)84(111-116)69-22-25-76-74(48-69)110-94(101)135-76/h10-12,15-16,19,21-22,25,44-45,48,51-52,54-55,58-59,61-62,64-65,72-73,75,77-81,86-87,119-120,126H,13-14,17-18,20,23-24,26-43,46-47,49-50,53,56-57,99H2,1-9H3,(H2,101,110)(H,102,122)(H,107,125)(H2,100,108,109)/b12-10+,15-11+,60-16+,63-44+/t59-,61-,62-,64-,65+,72+,73-,75+,77-,78+,79-,80+,81-,86-,87+,98-/m1/s1. The lowest BCUT2D eigenvalue weighted by Gasteiger charge is -2.43. The van der Waals surface area contributed by atoms with Gasteiger partial charge in [0.25, 0.3) is 23.6 Å². The number of esters is 1. The number of hydrogen-bond acceptors (Lipinski definition) is 34. The molecule has 6 aliphatic rings. The van der Waals surface area contributed by atoms with Crippen LogP contribution in [0.4, 0.5) is 28.5 Å². The molecule has 16 atom stereocenters. The number of nitrogens with one attached hydrogen (secondary N) is 2. The maximum atomic E-state index is 14.9. The van der Waals surface area contributed by atoms with E-state index in [1.165, 1.54) is 36.3 Å². The molecule has 13 rings (SSSR count). The third kappa shape index (κ3) is 27.2. The molecule has 11 N–H and O–H groups in total. The maximum absolute atomic E-state index is 14.9. The minimum Gasteiger partial charge on any atom is -0.459 e. The molecule has 10 heterocycles. The maximum Gasteiger partial charge on any atom is 0.407 e. The van der Waals surface area contributed by atoms with E-state index in [0.29, 0.717) is 205 Å². The molecule has 0 spiro atoms. The summed E-state index contributed by atoms with van der Waals surface area (Å²) in [6.45, 7) is 17.5. The summed E-state index contributed by atoms with van der Waals surface area (Å²) < 4.78 is 66.6. The summed E-state index contributed by atoms with van der Waals surface area (Å²) in [5.41, 5.74) is 28.0. The van der Waals surface area contributed by atoms with Gasteiger partial charge in [-0.25, -0.2) is 44.2 Å².